The van der Waals surface area contributed by atoms with Crippen LogP contribution in [0.2, 0.25) is 0 Å². The SMILES string of the molecule is [B]c1c(O)c(O)c2c(-c3cccc(-c4ccc5c(c4)C(C)(C)c4ccccc4-5)c3)c3c(O)c(O)c(O)c(O)c3c(-c3ccc(C(/C=C\C)=C/C=C)cc3)c2c1O. The summed E-state index contributed by atoms with van der Waals surface area (Å²) < 4.78 is 0. The molecule has 0 unspecified atom stereocenters. The Morgan fingerprint density at radius 2 is 1.09 bits per heavy atom. The number of phenolic OH excluding ortho intramolecular Hbond substituents is 7. The lowest BCUT2D eigenvalue weighted by Crippen LogP contribution is -2.14. The molecule has 0 spiro atoms. The maximum absolute atomic E-state index is 11.8. The van der Waals surface area contributed by atoms with Crippen LogP contribution in [-0.2, 0) is 5.41 Å². The van der Waals surface area contributed by atoms with E-state index in [2.05, 4.69) is 44.7 Å². The molecule has 0 saturated heterocycles. The molecule has 0 fully saturated rings. The van der Waals surface area contributed by atoms with Crippen molar-refractivity contribution in [2.45, 2.75) is 26.2 Å². The van der Waals surface area contributed by atoms with Crippen molar-refractivity contribution >= 4 is 40.4 Å². The molecule has 0 saturated carbocycles. The number of benzene rings is 7. The van der Waals surface area contributed by atoms with Crippen molar-refractivity contribution in [3.63, 3.8) is 0 Å². The average Bonchev–Trinajstić information content (AvgIpc) is 3.44. The van der Waals surface area contributed by atoms with E-state index < -0.39 is 45.7 Å². The lowest BCUT2D eigenvalue weighted by molar-refractivity contribution is 0.351. The predicted octanol–water partition coefficient (Wildman–Crippen LogP) is 10.2. The van der Waals surface area contributed by atoms with E-state index in [-0.39, 0.29) is 38.1 Å². The molecule has 8 heteroatoms. The zero-order valence-electron chi connectivity index (χ0n) is 30.9. The van der Waals surface area contributed by atoms with E-state index in [1.807, 2.05) is 55.5 Å². The number of allylic oxidation sites excluding steroid dienone is 5. The summed E-state index contributed by atoms with van der Waals surface area (Å²) in [7, 11) is 6.19. The van der Waals surface area contributed by atoms with Gasteiger partial charge in [0, 0.05) is 38.1 Å². The Balaban J connectivity index is 1.46. The topological polar surface area (TPSA) is 142 Å². The molecule has 1 aliphatic carbocycles. The molecule has 2 radical (unpaired) electrons. The van der Waals surface area contributed by atoms with Gasteiger partial charge in [-0.2, -0.15) is 0 Å². The number of rotatable bonds is 6. The summed E-state index contributed by atoms with van der Waals surface area (Å²) in [4.78, 5) is 0. The van der Waals surface area contributed by atoms with Gasteiger partial charge in [-0.05, 0) is 80.2 Å². The van der Waals surface area contributed by atoms with Gasteiger partial charge in [0.2, 0.25) is 11.5 Å². The fourth-order valence-electron chi connectivity index (χ4n) is 8.35. The fraction of sp³-hybridized carbons (Fsp3) is 0.0833. The summed E-state index contributed by atoms with van der Waals surface area (Å²) in [5.74, 6) is -5.70. The molecule has 274 valence electrons. The molecule has 56 heavy (non-hydrogen) atoms. The molecule has 0 heterocycles. The largest absolute Gasteiger partial charge is 0.508 e. The van der Waals surface area contributed by atoms with E-state index in [0.29, 0.717) is 11.1 Å². The molecule has 7 nitrogen and oxygen atoms in total. The van der Waals surface area contributed by atoms with Crippen LogP contribution in [0.15, 0.2) is 122 Å². The van der Waals surface area contributed by atoms with Crippen molar-refractivity contribution < 1.29 is 35.7 Å². The summed E-state index contributed by atoms with van der Waals surface area (Å²) in [6.45, 7) is 10.1. The average molecular weight is 737 g/mol. The van der Waals surface area contributed by atoms with E-state index in [0.717, 1.165) is 33.4 Å². The minimum Gasteiger partial charge on any atom is -0.508 e. The molecule has 7 aromatic rings. The van der Waals surface area contributed by atoms with Crippen molar-refractivity contribution in [3.8, 4) is 84.8 Å². The van der Waals surface area contributed by atoms with Gasteiger partial charge in [-0.1, -0.05) is 124 Å². The van der Waals surface area contributed by atoms with Gasteiger partial charge < -0.3 is 35.7 Å². The van der Waals surface area contributed by atoms with E-state index in [4.69, 9.17) is 7.85 Å². The Bertz CT molecular complexity index is 2800. The highest BCUT2D eigenvalue weighted by Gasteiger charge is 2.36. The van der Waals surface area contributed by atoms with E-state index in [1.165, 1.54) is 11.1 Å². The minimum atomic E-state index is -0.998. The first-order chi connectivity index (χ1) is 26.8. The van der Waals surface area contributed by atoms with E-state index in [1.54, 1.807) is 42.5 Å². The van der Waals surface area contributed by atoms with Crippen LogP contribution in [0, 0.1) is 0 Å². The zero-order chi connectivity index (χ0) is 39.8. The van der Waals surface area contributed by atoms with Crippen LogP contribution in [-0.4, -0.2) is 43.6 Å². The maximum atomic E-state index is 11.8. The van der Waals surface area contributed by atoms with Crippen molar-refractivity contribution in [2.75, 3.05) is 0 Å². The van der Waals surface area contributed by atoms with Crippen LogP contribution < -0.4 is 5.46 Å². The highest BCUT2D eigenvalue weighted by Crippen LogP contribution is 2.60. The molecule has 7 aromatic carbocycles. The Hall–Kier alpha value is -7.06. The third-order valence-electron chi connectivity index (χ3n) is 11.1. The van der Waals surface area contributed by atoms with Crippen molar-refractivity contribution in [1.82, 2.24) is 0 Å². The molecule has 0 atom stereocenters. The second-order valence-corrected chi connectivity index (χ2v) is 14.6. The first kappa shape index (κ1) is 35.9. The van der Waals surface area contributed by atoms with Gasteiger partial charge in [-0.25, -0.2) is 0 Å². The van der Waals surface area contributed by atoms with Gasteiger partial charge in [-0.3, -0.25) is 0 Å². The summed E-state index contributed by atoms with van der Waals surface area (Å²) in [6, 6.07) is 28.8. The second kappa shape index (κ2) is 13.1. The quantitative estimate of drug-likeness (QED) is 0.0296. The third kappa shape index (κ3) is 5.13. The van der Waals surface area contributed by atoms with Gasteiger partial charge in [-0.15, -0.1) is 0 Å². The van der Waals surface area contributed by atoms with Crippen LogP contribution in [0.1, 0.15) is 37.5 Å². The standard InChI is InChI=1S/C48H37BO7/c1-5-10-24(11-6-2)25-16-18-26(19-17-25)34-36-38(42(51)45(54)40(49)41(36)50)35(39-37(34)43(52)46(55)47(56)44(39)53)29-13-9-12-27(22-29)28-20-21-31-30-14-7-8-15-32(30)48(3,4)33(31)23-28/h5-23,50-56H,1H2,2-4H3/b11-6-,24-10+. The van der Waals surface area contributed by atoms with Crippen LogP contribution in [0.25, 0.3) is 71.6 Å². The molecule has 0 aromatic heterocycles. The van der Waals surface area contributed by atoms with Crippen molar-refractivity contribution in [2.24, 2.45) is 0 Å². The van der Waals surface area contributed by atoms with Crippen LogP contribution >= 0.6 is 0 Å². The molecule has 0 amide bonds. The molecule has 0 bridgehead atoms. The normalized spacial score (nSPS) is 13.4. The predicted molar refractivity (Wildman–Crippen MR) is 225 cm³/mol. The molecular weight excluding hydrogens is 699 g/mol. The van der Waals surface area contributed by atoms with Gasteiger partial charge in [0.05, 0.1) is 0 Å². The summed E-state index contributed by atoms with van der Waals surface area (Å²) in [5, 5.41) is 79.5. The maximum Gasteiger partial charge on any atom is 0.204 e. The molecule has 0 aliphatic heterocycles. The Kier molecular flexibility index (Phi) is 8.38. The van der Waals surface area contributed by atoms with Gasteiger partial charge in [0.1, 0.15) is 13.6 Å². The summed E-state index contributed by atoms with van der Waals surface area (Å²) >= 11 is 0. The molecule has 8 rings (SSSR count). The first-order valence-electron chi connectivity index (χ1n) is 18.0. The highest BCUT2D eigenvalue weighted by atomic mass is 16.3. The number of phenols is 7. The van der Waals surface area contributed by atoms with Crippen LogP contribution in [0.4, 0.5) is 0 Å². The summed E-state index contributed by atoms with van der Waals surface area (Å²) in [6.07, 6.45) is 7.29. The van der Waals surface area contributed by atoms with E-state index >= 15 is 0 Å². The lowest BCUT2D eigenvalue weighted by Gasteiger charge is -2.23. The van der Waals surface area contributed by atoms with Crippen LogP contribution in [0.5, 0.6) is 40.2 Å². The van der Waals surface area contributed by atoms with Gasteiger partial charge in [0.15, 0.2) is 23.0 Å². The number of hydrogen-bond acceptors (Lipinski definition) is 7. The van der Waals surface area contributed by atoms with Crippen molar-refractivity contribution in [1.29, 1.82) is 0 Å². The number of fused-ring (bicyclic) bond motifs is 5. The van der Waals surface area contributed by atoms with Crippen molar-refractivity contribution in [3.05, 3.63) is 139 Å². The zero-order valence-corrected chi connectivity index (χ0v) is 30.9. The number of hydrogen-bond donors (Lipinski definition) is 7. The fourth-order valence-corrected chi connectivity index (χ4v) is 8.35. The van der Waals surface area contributed by atoms with Gasteiger partial charge in [0.25, 0.3) is 0 Å². The third-order valence-corrected chi connectivity index (χ3v) is 11.1. The summed E-state index contributed by atoms with van der Waals surface area (Å²) in [5.41, 5.74) is 8.09. The second-order valence-electron chi connectivity index (χ2n) is 14.6. The Labute approximate surface area is 324 Å². The Morgan fingerprint density at radius 1 is 0.554 bits per heavy atom. The smallest absolute Gasteiger partial charge is 0.204 e. The molecule has 7 N–H and O–H groups in total. The molecule has 1 aliphatic rings. The minimum absolute atomic E-state index is 0.0431. The van der Waals surface area contributed by atoms with E-state index in [9.17, 15) is 35.7 Å². The Morgan fingerprint density at radius 3 is 1.73 bits per heavy atom. The lowest BCUT2D eigenvalue weighted by atomic mass is 9.80. The van der Waals surface area contributed by atoms with Crippen LogP contribution in [0.3, 0.4) is 0 Å². The first-order valence-corrected chi connectivity index (χ1v) is 18.0. The molecular formula is C48H37BO7. The highest BCUT2D eigenvalue weighted by molar-refractivity contribution is 6.41. The monoisotopic (exact) mass is 736 g/mol. The van der Waals surface area contributed by atoms with Gasteiger partial charge >= 0.3 is 0 Å². The number of aromatic hydroxyl groups is 7.